The molecule has 0 aliphatic carbocycles. The summed E-state index contributed by atoms with van der Waals surface area (Å²) in [5.41, 5.74) is 0.296. The molecule has 2 nitrogen and oxygen atoms in total. The summed E-state index contributed by atoms with van der Waals surface area (Å²) in [7, 11) is 0. The summed E-state index contributed by atoms with van der Waals surface area (Å²) in [6.45, 7) is 1.72. The molecule has 2 aromatic rings. The maximum Gasteiger partial charge on any atom is 0.146 e. The molecule has 0 fully saturated rings. The highest BCUT2D eigenvalue weighted by Gasteiger charge is 2.12. The van der Waals surface area contributed by atoms with E-state index in [1.165, 1.54) is 12.1 Å². The molecule has 1 N–H and O–H groups in total. The Labute approximate surface area is 108 Å². The van der Waals surface area contributed by atoms with Gasteiger partial charge in [0.05, 0.1) is 11.4 Å². The van der Waals surface area contributed by atoms with Gasteiger partial charge in [0.25, 0.3) is 0 Å². The second-order valence-electron chi connectivity index (χ2n) is 4.03. The zero-order valence-electron chi connectivity index (χ0n) is 9.97. The lowest BCUT2D eigenvalue weighted by Gasteiger charge is -2.10. The Morgan fingerprint density at radius 3 is 2.37 bits per heavy atom. The third-order valence-corrected chi connectivity index (χ3v) is 2.56. The van der Waals surface area contributed by atoms with Crippen LogP contribution in [0.5, 0.6) is 0 Å². The molecule has 2 aromatic carbocycles. The van der Waals surface area contributed by atoms with Crippen molar-refractivity contribution in [3.63, 3.8) is 0 Å². The summed E-state index contributed by atoms with van der Waals surface area (Å²) in [5, 5.41) is 11.4. The third kappa shape index (κ3) is 2.68. The van der Waals surface area contributed by atoms with Crippen molar-refractivity contribution in [2.75, 3.05) is 5.32 Å². The lowest BCUT2D eigenvalue weighted by atomic mass is 10.1. The van der Waals surface area contributed by atoms with Crippen LogP contribution in [0.25, 0.3) is 0 Å². The van der Waals surface area contributed by atoms with Crippen LogP contribution in [-0.2, 0) is 0 Å². The van der Waals surface area contributed by atoms with Gasteiger partial charge in [0, 0.05) is 6.07 Å². The standard InChI is InChI=1S/C14H9F3N2/c1-8-2-3-13(12(17)4-8)19-14-6-9(15)5-11(16)10(14)7-18/h2-6,19H,1H3. The van der Waals surface area contributed by atoms with Crippen LogP contribution in [0.4, 0.5) is 24.5 Å². The lowest BCUT2D eigenvalue weighted by molar-refractivity contribution is 0.582. The number of nitriles is 1. The first kappa shape index (κ1) is 13.0. The Balaban J connectivity index is 2.46. The minimum Gasteiger partial charge on any atom is -0.352 e. The molecule has 0 bridgehead atoms. The SMILES string of the molecule is Cc1ccc(Nc2cc(F)cc(F)c2C#N)c(F)c1. The Kier molecular flexibility index (Phi) is 3.43. The molecule has 5 heteroatoms. The van der Waals surface area contributed by atoms with Gasteiger partial charge in [0.15, 0.2) is 0 Å². The summed E-state index contributed by atoms with van der Waals surface area (Å²) in [5.74, 6) is -2.39. The minimum atomic E-state index is -0.988. The highest BCUT2D eigenvalue weighted by molar-refractivity contribution is 5.67. The van der Waals surface area contributed by atoms with Crippen LogP contribution in [0.15, 0.2) is 30.3 Å². The van der Waals surface area contributed by atoms with Crippen LogP contribution in [0.3, 0.4) is 0 Å². The number of hydrogen-bond donors (Lipinski definition) is 1. The largest absolute Gasteiger partial charge is 0.352 e. The van der Waals surface area contributed by atoms with Crippen molar-refractivity contribution in [3.8, 4) is 6.07 Å². The van der Waals surface area contributed by atoms with Gasteiger partial charge in [-0.15, -0.1) is 0 Å². The van der Waals surface area contributed by atoms with Crippen LogP contribution in [0, 0.1) is 35.7 Å². The van der Waals surface area contributed by atoms with Gasteiger partial charge in [0.1, 0.15) is 29.1 Å². The first-order valence-electron chi connectivity index (χ1n) is 5.43. The smallest absolute Gasteiger partial charge is 0.146 e. The number of aryl methyl sites for hydroxylation is 1. The van der Waals surface area contributed by atoms with Crippen molar-refractivity contribution in [2.45, 2.75) is 6.92 Å². The zero-order chi connectivity index (χ0) is 14.0. The normalized spacial score (nSPS) is 10.1. The van der Waals surface area contributed by atoms with Gasteiger partial charge in [0.2, 0.25) is 0 Å². The van der Waals surface area contributed by atoms with E-state index in [2.05, 4.69) is 5.32 Å². The van der Waals surface area contributed by atoms with Gasteiger partial charge in [-0.05, 0) is 30.7 Å². The molecule has 0 spiro atoms. The highest BCUT2D eigenvalue weighted by Crippen LogP contribution is 2.26. The minimum absolute atomic E-state index is 0.0482. The van der Waals surface area contributed by atoms with Crippen molar-refractivity contribution in [1.29, 1.82) is 5.26 Å². The lowest BCUT2D eigenvalue weighted by Crippen LogP contribution is -1.99. The van der Waals surface area contributed by atoms with Crippen LogP contribution in [-0.4, -0.2) is 0 Å². The topological polar surface area (TPSA) is 35.8 Å². The Bertz CT molecular complexity index is 675. The van der Waals surface area contributed by atoms with Gasteiger partial charge < -0.3 is 5.32 Å². The van der Waals surface area contributed by atoms with Crippen molar-refractivity contribution in [3.05, 3.63) is 58.9 Å². The van der Waals surface area contributed by atoms with E-state index < -0.39 is 17.5 Å². The van der Waals surface area contributed by atoms with Gasteiger partial charge in [-0.2, -0.15) is 5.26 Å². The van der Waals surface area contributed by atoms with E-state index in [0.717, 1.165) is 6.07 Å². The Morgan fingerprint density at radius 2 is 1.74 bits per heavy atom. The molecule has 0 atom stereocenters. The van der Waals surface area contributed by atoms with E-state index in [0.29, 0.717) is 11.6 Å². The maximum atomic E-state index is 13.6. The summed E-state index contributed by atoms with van der Waals surface area (Å²) >= 11 is 0. The Hall–Kier alpha value is -2.48. The fraction of sp³-hybridized carbons (Fsp3) is 0.0714. The Morgan fingerprint density at radius 1 is 1.00 bits per heavy atom. The number of hydrogen-bond acceptors (Lipinski definition) is 2. The highest BCUT2D eigenvalue weighted by atomic mass is 19.1. The zero-order valence-corrected chi connectivity index (χ0v) is 9.97. The van der Waals surface area contributed by atoms with Crippen LogP contribution >= 0.6 is 0 Å². The van der Waals surface area contributed by atoms with Crippen molar-refractivity contribution in [1.82, 2.24) is 0 Å². The van der Waals surface area contributed by atoms with Crippen molar-refractivity contribution in [2.24, 2.45) is 0 Å². The molecule has 0 heterocycles. The number of anilines is 2. The first-order valence-corrected chi connectivity index (χ1v) is 5.43. The van der Waals surface area contributed by atoms with Gasteiger partial charge >= 0.3 is 0 Å². The van der Waals surface area contributed by atoms with E-state index in [-0.39, 0.29) is 16.9 Å². The molecule has 19 heavy (non-hydrogen) atoms. The average molecular weight is 262 g/mol. The number of nitrogens with zero attached hydrogens (tertiary/aromatic N) is 1. The summed E-state index contributed by atoms with van der Waals surface area (Å²) in [6, 6.07) is 7.53. The summed E-state index contributed by atoms with van der Waals surface area (Å²) in [4.78, 5) is 0. The quantitative estimate of drug-likeness (QED) is 0.887. The van der Waals surface area contributed by atoms with Crippen LogP contribution in [0.2, 0.25) is 0 Å². The van der Waals surface area contributed by atoms with Crippen LogP contribution in [0.1, 0.15) is 11.1 Å². The fourth-order valence-corrected chi connectivity index (χ4v) is 1.65. The van der Waals surface area contributed by atoms with Gasteiger partial charge in [-0.1, -0.05) is 6.07 Å². The molecule has 0 saturated carbocycles. The fourth-order valence-electron chi connectivity index (χ4n) is 1.65. The van der Waals surface area contributed by atoms with E-state index in [1.807, 2.05) is 0 Å². The maximum absolute atomic E-state index is 13.6. The summed E-state index contributed by atoms with van der Waals surface area (Å²) < 4.78 is 40.2. The number of nitrogens with one attached hydrogen (secondary N) is 1. The second kappa shape index (κ2) is 5.02. The second-order valence-corrected chi connectivity index (χ2v) is 4.03. The van der Waals surface area contributed by atoms with Crippen molar-refractivity contribution >= 4 is 11.4 Å². The number of benzene rings is 2. The molecule has 96 valence electrons. The molecule has 0 aromatic heterocycles. The first-order chi connectivity index (χ1) is 9.01. The predicted octanol–water partition coefficient (Wildman–Crippen LogP) is 4.03. The molecule has 0 aliphatic rings. The molecule has 0 unspecified atom stereocenters. The molecular weight excluding hydrogens is 253 g/mol. The molecule has 2 rings (SSSR count). The molecule has 0 saturated heterocycles. The summed E-state index contributed by atoms with van der Waals surface area (Å²) in [6.07, 6.45) is 0. The van der Waals surface area contributed by atoms with E-state index in [1.54, 1.807) is 19.1 Å². The van der Waals surface area contributed by atoms with E-state index >= 15 is 0 Å². The number of halogens is 3. The predicted molar refractivity (Wildman–Crippen MR) is 65.5 cm³/mol. The molecule has 0 radical (unpaired) electrons. The molecular formula is C14H9F3N2. The van der Waals surface area contributed by atoms with E-state index in [4.69, 9.17) is 5.26 Å². The number of rotatable bonds is 2. The average Bonchev–Trinajstić information content (AvgIpc) is 2.32. The van der Waals surface area contributed by atoms with Crippen LogP contribution < -0.4 is 5.32 Å². The van der Waals surface area contributed by atoms with Gasteiger partial charge in [-0.3, -0.25) is 0 Å². The van der Waals surface area contributed by atoms with Gasteiger partial charge in [-0.25, -0.2) is 13.2 Å². The van der Waals surface area contributed by atoms with Crippen molar-refractivity contribution < 1.29 is 13.2 Å². The molecule has 0 amide bonds. The molecule has 0 aliphatic heterocycles. The van der Waals surface area contributed by atoms with E-state index in [9.17, 15) is 13.2 Å². The monoisotopic (exact) mass is 262 g/mol. The third-order valence-electron chi connectivity index (χ3n) is 2.56.